The predicted molar refractivity (Wildman–Crippen MR) is 117 cm³/mol. The summed E-state index contributed by atoms with van der Waals surface area (Å²) in [7, 11) is 0. The number of fused-ring (bicyclic) bond motifs is 1. The zero-order chi connectivity index (χ0) is 19.3. The third-order valence-electron chi connectivity index (χ3n) is 5.54. The van der Waals surface area contributed by atoms with E-state index in [0.717, 1.165) is 50.3 Å². The third-order valence-corrected chi connectivity index (χ3v) is 5.54. The highest BCUT2D eigenvalue weighted by atomic mass is 15.3. The summed E-state index contributed by atoms with van der Waals surface area (Å²) in [5, 5.41) is 0. The van der Waals surface area contributed by atoms with Crippen LogP contribution in [-0.4, -0.2) is 45.9 Å². The molecule has 1 aliphatic rings. The fourth-order valence-electron chi connectivity index (χ4n) is 3.85. The van der Waals surface area contributed by atoms with Gasteiger partial charge in [0.1, 0.15) is 0 Å². The highest BCUT2D eigenvalue weighted by molar-refractivity contribution is 5.75. The summed E-state index contributed by atoms with van der Waals surface area (Å²) >= 11 is 0. The maximum Gasteiger partial charge on any atom is 0.0931 e. The van der Waals surface area contributed by atoms with Crippen LogP contribution in [0, 0.1) is 0 Å². The maximum atomic E-state index is 4.30. The summed E-state index contributed by atoms with van der Waals surface area (Å²) in [6.45, 7) is 12.4. The van der Waals surface area contributed by atoms with Crippen LogP contribution in [0.4, 0.5) is 0 Å². The van der Waals surface area contributed by atoms with Gasteiger partial charge in [-0.05, 0) is 41.3 Å². The number of benzene rings is 2. The lowest BCUT2D eigenvalue weighted by Gasteiger charge is -2.34. The number of aromatic amines is 1. The number of H-pyrrole nitrogens is 1. The van der Waals surface area contributed by atoms with Crippen LogP contribution in [0.1, 0.15) is 23.6 Å². The smallest absolute Gasteiger partial charge is 0.0931 e. The van der Waals surface area contributed by atoms with Crippen LogP contribution in [0.25, 0.3) is 16.6 Å². The molecule has 1 saturated heterocycles. The van der Waals surface area contributed by atoms with Crippen molar-refractivity contribution in [1.29, 1.82) is 0 Å². The highest BCUT2D eigenvalue weighted by Crippen LogP contribution is 2.18. The van der Waals surface area contributed by atoms with Gasteiger partial charge in [-0.1, -0.05) is 49.1 Å². The molecule has 3 aromatic rings. The summed E-state index contributed by atoms with van der Waals surface area (Å²) < 4.78 is 0. The van der Waals surface area contributed by atoms with E-state index in [-0.39, 0.29) is 0 Å². The van der Waals surface area contributed by atoms with Gasteiger partial charge in [0, 0.05) is 39.3 Å². The molecule has 4 heteroatoms. The highest BCUT2D eigenvalue weighted by Gasteiger charge is 2.17. The van der Waals surface area contributed by atoms with Crippen molar-refractivity contribution < 1.29 is 0 Å². The van der Waals surface area contributed by atoms with Crippen molar-refractivity contribution in [2.24, 2.45) is 0 Å². The van der Waals surface area contributed by atoms with Gasteiger partial charge in [-0.2, -0.15) is 0 Å². The summed E-state index contributed by atoms with van der Waals surface area (Å²) in [5.74, 6) is 0. The van der Waals surface area contributed by atoms with Crippen LogP contribution >= 0.6 is 0 Å². The Bertz CT molecular complexity index is 960. The second-order valence-electron chi connectivity index (χ2n) is 7.59. The summed E-state index contributed by atoms with van der Waals surface area (Å²) in [6, 6.07) is 15.5. The lowest BCUT2D eigenvalue weighted by Crippen LogP contribution is -2.45. The topological polar surface area (TPSA) is 35.2 Å². The van der Waals surface area contributed by atoms with Gasteiger partial charge in [-0.25, -0.2) is 4.98 Å². The average molecular weight is 373 g/mol. The molecule has 28 heavy (non-hydrogen) atoms. The Morgan fingerprint density at radius 1 is 1.00 bits per heavy atom. The Balaban J connectivity index is 1.29. The Kier molecular flexibility index (Phi) is 5.70. The Hall–Kier alpha value is -2.69. The second kappa shape index (κ2) is 8.55. The van der Waals surface area contributed by atoms with Gasteiger partial charge in [-0.15, -0.1) is 0 Å². The SMILES string of the molecule is C=C/C=C(\C)c1ccc(CN2CCN(Cc3ccc4nc[nH]c4c3)CC2)cc1. The van der Waals surface area contributed by atoms with Crippen molar-refractivity contribution in [2.45, 2.75) is 20.0 Å². The molecular formula is C24H28N4. The van der Waals surface area contributed by atoms with E-state index in [1.807, 2.05) is 6.08 Å². The zero-order valence-electron chi connectivity index (χ0n) is 16.6. The fraction of sp³-hybridized carbons (Fsp3) is 0.292. The van der Waals surface area contributed by atoms with Crippen molar-refractivity contribution in [3.8, 4) is 0 Å². The number of imidazole rings is 1. The van der Waals surface area contributed by atoms with Crippen LogP contribution in [0.5, 0.6) is 0 Å². The van der Waals surface area contributed by atoms with Crippen LogP contribution in [0.15, 0.2) is 67.5 Å². The predicted octanol–water partition coefficient (Wildman–Crippen LogP) is 4.47. The molecule has 0 spiro atoms. The molecule has 0 aliphatic carbocycles. The Labute approximate surface area is 167 Å². The van der Waals surface area contributed by atoms with E-state index >= 15 is 0 Å². The van der Waals surface area contributed by atoms with Crippen molar-refractivity contribution in [3.05, 3.63) is 84.2 Å². The minimum absolute atomic E-state index is 1.01. The number of nitrogens with one attached hydrogen (secondary N) is 1. The first-order chi connectivity index (χ1) is 13.7. The second-order valence-corrected chi connectivity index (χ2v) is 7.59. The van der Waals surface area contributed by atoms with E-state index < -0.39 is 0 Å². The van der Waals surface area contributed by atoms with Crippen molar-refractivity contribution in [1.82, 2.24) is 19.8 Å². The molecule has 0 amide bonds. The standard InChI is InChI=1S/C24H28N4/c1-3-4-19(2)22-8-5-20(6-9-22)16-27-11-13-28(14-12-27)17-21-7-10-23-24(15-21)26-18-25-23/h3-10,15,18H,1,11-14,16-17H2,2H3,(H,25,26)/b19-4+. The van der Waals surface area contributed by atoms with Gasteiger partial charge >= 0.3 is 0 Å². The quantitative estimate of drug-likeness (QED) is 0.649. The average Bonchev–Trinajstić information content (AvgIpc) is 3.18. The minimum Gasteiger partial charge on any atom is -0.345 e. The molecule has 2 heterocycles. The zero-order valence-corrected chi connectivity index (χ0v) is 16.6. The normalized spacial score (nSPS) is 16.5. The number of aromatic nitrogens is 2. The summed E-state index contributed by atoms with van der Waals surface area (Å²) in [5.41, 5.74) is 7.41. The molecule has 0 bridgehead atoms. The Morgan fingerprint density at radius 3 is 2.32 bits per heavy atom. The number of hydrogen-bond acceptors (Lipinski definition) is 3. The molecule has 0 unspecified atom stereocenters. The van der Waals surface area contributed by atoms with Crippen LogP contribution in [-0.2, 0) is 13.1 Å². The Morgan fingerprint density at radius 2 is 1.64 bits per heavy atom. The first kappa shape index (κ1) is 18.7. The maximum absolute atomic E-state index is 4.30. The molecule has 1 fully saturated rings. The molecule has 0 atom stereocenters. The van der Waals surface area contributed by atoms with Gasteiger partial charge in [0.15, 0.2) is 0 Å². The van der Waals surface area contributed by atoms with Gasteiger partial charge < -0.3 is 4.98 Å². The first-order valence-electron chi connectivity index (χ1n) is 9.96. The molecule has 4 rings (SSSR count). The van der Waals surface area contributed by atoms with E-state index in [9.17, 15) is 0 Å². The van der Waals surface area contributed by atoms with E-state index in [1.165, 1.54) is 22.3 Å². The number of rotatable bonds is 6. The van der Waals surface area contributed by atoms with E-state index in [4.69, 9.17) is 0 Å². The number of hydrogen-bond donors (Lipinski definition) is 1. The van der Waals surface area contributed by atoms with Gasteiger partial charge in [-0.3, -0.25) is 9.80 Å². The molecular weight excluding hydrogens is 344 g/mol. The van der Waals surface area contributed by atoms with Crippen LogP contribution < -0.4 is 0 Å². The van der Waals surface area contributed by atoms with Crippen LogP contribution in [0.3, 0.4) is 0 Å². The third kappa shape index (κ3) is 4.41. The molecule has 0 saturated carbocycles. The lowest BCUT2D eigenvalue weighted by molar-refractivity contribution is 0.122. The molecule has 0 radical (unpaired) electrons. The number of allylic oxidation sites excluding steroid dienone is 3. The molecule has 1 aliphatic heterocycles. The molecule has 144 valence electrons. The van der Waals surface area contributed by atoms with Crippen molar-refractivity contribution >= 4 is 16.6 Å². The van der Waals surface area contributed by atoms with Gasteiger partial charge in [0.2, 0.25) is 0 Å². The van der Waals surface area contributed by atoms with E-state index in [2.05, 4.69) is 81.8 Å². The van der Waals surface area contributed by atoms with E-state index in [0.29, 0.717) is 0 Å². The fourth-order valence-corrected chi connectivity index (χ4v) is 3.85. The monoisotopic (exact) mass is 372 g/mol. The van der Waals surface area contributed by atoms with Gasteiger partial charge in [0.25, 0.3) is 0 Å². The number of nitrogens with zero attached hydrogens (tertiary/aromatic N) is 3. The van der Waals surface area contributed by atoms with Crippen LogP contribution in [0.2, 0.25) is 0 Å². The molecule has 4 nitrogen and oxygen atoms in total. The summed E-state index contributed by atoms with van der Waals surface area (Å²) in [6.07, 6.45) is 5.66. The van der Waals surface area contributed by atoms with E-state index in [1.54, 1.807) is 6.33 Å². The summed E-state index contributed by atoms with van der Waals surface area (Å²) in [4.78, 5) is 12.6. The van der Waals surface area contributed by atoms with Crippen molar-refractivity contribution in [2.75, 3.05) is 26.2 Å². The molecule has 2 aromatic carbocycles. The largest absolute Gasteiger partial charge is 0.345 e. The van der Waals surface area contributed by atoms with Gasteiger partial charge in [0.05, 0.1) is 17.4 Å². The molecule has 1 aromatic heterocycles. The van der Waals surface area contributed by atoms with Crippen molar-refractivity contribution in [3.63, 3.8) is 0 Å². The molecule has 1 N–H and O–H groups in total. The minimum atomic E-state index is 1.01. The lowest BCUT2D eigenvalue weighted by atomic mass is 10.0. The number of piperazine rings is 1. The first-order valence-corrected chi connectivity index (χ1v) is 9.96.